The van der Waals surface area contributed by atoms with E-state index in [2.05, 4.69) is 46.4 Å². The Hall–Kier alpha value is -0.830. The second-order valence-corrected chi connectivity index (χ2v) is 6.08. The summed E-state index contributed by atoms with van der Waals surface area (Å²) in [5.74, 6) is 0.928. The van der Waals surface area contributed by atoms with Gasteiger partial charge in [-0.2, -0.15) is 5.10 Å². The van der Waals surface area contributed by atoms with Crippen LogP contribution in [0.15, 0.2) is 23.5 Å². The summed E-state index contributed by atoms with van der Waals surface area (Å²) in [5.41, 5.74) is 0. The molecule has 0 bridgehead atoms. The van der Waals surface area contributed by atoms with Gasteiger partial charge in [0, 0.05) is 44.1 Å². The van der Waals surface area contributed by atoms with Crippen molar-refractivity contribution >= 4 is 29.9 Å². The molecular formula is C16H31IN6. The summed E-state index contributed by atoms with van der Waals surface area (Å²) in [4.78, 5) is 7.20. The Morgan fingerprint density at radius 1 is 1.35 bits per heavy atom. The predicted octanol–water partition coefficient (Wildman–Crippen LogP) is 1.93. The molecule has 0 saturated carbocycles. The summed E-state index contributed by atoms with van der Waals surface area (Å²) in [6, 6.07) is 3.12. The van der Waals surface area contributed by atoms with Gasteiger partial charge in [0.1, 0.15) is 0 Å². The van der Waals surface area contributed by atoms with Gasteiger partial charge in [0.2, 0.25) is 0 Å². The molecule has 6 nitrogen and oxygen atoms in total. The van der Waals surface area contributed by atoms with Crippen molar-refractivity contribution in [2.45, 2.75) is 52.2 Å². The lowest BCUT2D eigenvalue weighted by molar-refractivity contribution is 0.167. The molecule has 1 fully saturated rings. The number of halogens is 1. The van der Waals surface area contributed by atoms with Crippen LogP contribution in [0.1, 0.15) is 33.6 Å². The van der Waals surface area contributed by atoms with Gasteiger partial charge >= 0.3 is 0 Å². The summed E-state index contributed by atoms with van der Waals surface area (Å²) in [7, 11) is 0. The first-order valence-corrected chi connectivity index (χ1v) is 8.45. The number of nitrogens with one attached hydrogen (secondary N) is 2. The first kappa shape index (κ1) is 20.2. The highest BCUT2D eigenvalue weighted by Crippen LogP contribution is 2.12. The minimum Gasteiger partial charge on any atom is -0.357 e. The Balaban J connectivity index is 0.00000264. The SMILES string of the molecule is CCNC(=NCCn1cccn1)NC1CCN(C(C)C)CC1.I. The van der Waals surface area contributed by atoms with Crippen molar-refractivity contribution in [1.82, 2.24) is 25.3 Å². The van der Waals surface area contributed by atoms with E-state index >= 15 is 0 Å². The minimum absolute atomic E-state index is 0. The monoisotopic (exact) mass is 434 g/mol. The number of nitrogens with zero attached hydrogens (tertiary/aromatic N) is 4. The van der Waals surface area contributed by atoms with Crippen LogP contribution in [-0.2, 0) is 6.54 Å². The lowest BCUT2D eigenvalue weighted by atomic mass is 10.0. The smallest absolute Gasteiger partial charge is 0.191 e. The van der Waals surface area contributed by atoms with Gasteiger partial charge in [0.15, 0.2) is 5.96 Å². The summed E-state index contributed by atoms with van der Waals surface area (Å²) >= 11 is 0. The average molecular weight is 434 g/mol. The zero-order chi connectivity index (χ0) is 15.8. The Morgan fingerprint density at radius 3 is 2.65 bits per heavy atom. The maximum Gasteiger partial charge on any atom is 0.191 e. The summed E-state index contributed by atoms with van der Waals surface area (Å²) < 4.78 is 1.91. The van der Waals surface area contributed by atoms with E-state index in [9.17, 15) is 0 Å². The lowest BCUT2D eigenvalue weighted by Gasteiger charge is -2.35. The van der Waals surface area contributed by atoms with Crippen molar-refractivity contribution < 1.29 is 0 Å². The van der Waals surface area contributed by atoms with Gasteiger partial charge in [-0.1, -0.05) is 0 Å². The van der Waals surface area contributed by atoms with E-state index in [0.717, 1.165) is 25.6 Å². The van der Waals surface area contributed by atoms with Gasteiger partial charge in [-0.25, -0.2) is 0 Å². The van der Waals surface area contributed by atoms with E-state index in [1.165, 1.54) is 25.9 Å². The van der Waals surface area contributed by atoms with Gasteiger partial charge in [0.05, 0.1) is 13.1 Å². The van der Waals surface area contributed by atoms with Crippen LogP contribution in [-0.4, -0.2) is 58.9 Å². The summed E-state index contributed by atoms with van der Waals surface area (Å²) in [6.45, 7) is 11.4. The molecule has 0 amide bonds. The second-order valence-electron chi connectivity index (χ2n) is 6.08. The van der Waals surface area contributed by atoms with E-state index in [0.29, 0.717) is 12.1 Å². The molecular weight excluding hydrogens is 403 g/mol. The highest BCUT2D eigenvalue weighted by atomic mass is 127. The molecule has 0 spiro atoms. The number of piperidine rings is 1. The number of hydrogen-bond donors (Lipinski definition) is 2. The number of aliphatic imine (C=N–C) groups is 1. The second kappa shape index (κ2) is 10.9. The third-order valence-corrected chi connectivity index (χ3v) is 4.10. The molecule has 2 heterocycles. The minimum atomic E-state index is 0. The number of hydrogen-bond acceptors (Lipinski definition) is 3. The molecule has 1 aromatic heterocycles. The standard InChI is InChI=1S/C16H30N6.HI/c1-4-17-16(18-9-13-22-10-5-8-19-22)20-15-6-11-21(12-7-15)14(2)3;/h5,8,10,14-15H,4,6-7,9,11-13H2,1-3H3,(H2,17,18,20);1H. The van der Waals surface area contributed by atoms with Crippen LogP contribution in [0.5, 0.6) is 0 Å². The first-order chi connectivity index (χ1) is 10.7. The fourth-order valence-electron chi connectivity index (χ4n) is 2.77. The van der Waals surface area contributed by atoms with Crippen molar-refractivity contribution in [3.05, 3.63) is 18.5 Å². The molecule has 1 saturated heterocycles. The average Bonchev–Trinajstić information content (AvgIpc) is 3.01. The van der Waals surface area contributed by atoms with Gasteiger partial charge < -0.3 is 15.5 Å². The molecule has 2 rings (SSSR count). The normalized spacial score (nSPS) is 17.1. The number of rotatable bonds is 6. The molecule has 1 aliphatic rings. The largest absolute Gasteiger partial charge is 0.357 e. The molecule has 0 unspecified atom stereocenters. The zero-order valence-corrected chi connectivity index (χ0v) is 16.9. The van der Waals surface area contributed by atoms with Crippen LogP contribution in [0.2, 0.25) is 0 Å². The van der Waals surface area contributed by atoms with Gasteiger partial charge in [0.25, 0.3) is 0 Å². The molecule has 0 aliphatic carbocycles. The summed E-state index contributed by atoms with van der Waals surface area (Å²) in [5, 5.41) is 11.1. The van der Waals surface area contributed by atoms with Crippen molar-refractivity contribution in [3.8, 4) is 0 Å². The van der Waals surface area contributed by atoms with Gasteiger partial charge in [-0.05, 0) is 39.7 Å². The molecule has 23 heavy (non-hydrogen) atoms. The van der Waals surface area contributed by atoms with Gasteiger partial charge in [-0.3, -0.25) is 9.67 Å². The Kier molecular flexibility index (Phi) is 9.54. The molecule has 7 heteroatoms. The third-order valence-electron chi connectivity index (χ3n) is 4.10. The Bertz CT molecular complexity index is 437. The number of likely N-dealkylation sites (tertiary alicyclic amines) is 1. The Morgan fingerprint density at radius 2 is 2.09 bits per heavy atom. The fraction of sp³-hybridized carbons (Fsp3) is 0.750. The lowest BCUT2D eigenvalue weighted by Crippen LogP contribution is -2.49. The van der Waals surface area contributed by atoms with Crippen molar-refractivity contribution in [1.29, 1.82) is 0 Å². The highest BCUT2D eigenvalue weighted by Gasteiger charge is 2.21. The van der Waals surface area contributed by atoms with Crippen LogP contribution < -0.4 is 10.6 Å². The van der Waals surface area contributed by atoms with E-state index in [1.54, 1.807) is 6.20 Å². The van der Waals surface area contributed by atoms with Crippen molar-refractivity contribution in [2.24, 2.45) is 4.99 Å². The predicted molar refractivity (Wildman–Crippen MR) is 106 cm³/mol. The first-order valence-electron chi connectivity index (χ1n) is 8.45. The van der Waals surface area contributed by atoms with Crippen LogP contribution in [0.4, 0.5) is 0 Å². The fourth-order valence-corrected chi connectivity index (χ4v) is 2.77. The molecule has 132 valence electrons. The van der Waals surface area contributed by atoms with Crippen LogP contribution in [0.3, 0.4) is 0 Å². The van der Waals surface area contributed by atoms with E-state index in [-0.39, 0.29) is 24.0 Å². The number of guanidine groups is 1. The third kappa shape index (κ3) is 7.07. The maximum absolute atomic E-state index is 4.66. The van der Waals surface area contributed by atoms with E-state index in [1.807, 2.05) is 16.9 Å². The molecule has 0 aromatic carbocycles. The maximum atomic E-state index is 4.66. The van der Waals surface area contributed by atoms with Crippen molar-refractivity contribution in [3.63, 3.8) is 0 Å². The van der Waals surface area contributed by atoms with Crippen LogP contribution in [0.25, 0.3) is 0 Å². The zero-order valence-electron chi connectivity index (χ0n) is 14.5. The topological polar surface area (TPSA) is 57.5 Å². The molecule has 2 N–H and O–H groups in total. The molecule has 1 aliphatic heterocycles. The van der Waals surface area contributed by atoms with Crippen molar-refractivity contribution in [2.75, 3.05) is 26.2 Å². The van der Waals surface area contributed by atoms with Crippen LogP contribution >= 0.6 is 24.0 Å². The molecule has 0 radical (unpaired) electrons. The van der Waals surface area contributed by atoms with Crippen LogP contribution in [0, 0.1) is 0 Å². The number of aromatic nitrogens is 2. The summed E-state index contributed by atoms with van der Waals surface area (Å²) in [6.07, 6.45) is 6.14. The Labute approximate surface area is 157 Å². The van der Waals surface area contributed by atoms with E-state index in [4.69, 9.17) is 0 Å². The quantitative estimate of drug-likeness (QED) is 0.408. The van der Waals surface area contributed by atoms with E-state index < -0.39 is 0 Å². The molecule has 0 atom stereocenters. The van der Waals surface area contributed by atoms with Gasteiger partial charge in [-0.15, -0.1) is 24.0 Å². The molecule has 1 aromatic rings. The highest BCUT2D eigenvalue weighted by molar-refractivity contribution is 14.0.